The summed E-state index contributed by atoms with van der Waals surface area (Å²) in [6, 6.07) is 0. The Kier molecular flexibility index (Phi) is 10.6. The van der Waals surface area contributed by atoms with Crippen LogP contribution in [0.2, 0.25) is 0 Å². The molecule has 0 fully saturated rings. The zero-order chi connectivity index (χ0) is 13.9. The van der Waals surface area contributed by atoms with Crippen molar-refractivity contribution in [3.8, 4) is 0 Å². The molecule has 0 bridgehead atoms. The average Bonchev–Trinajstić information content (AvgIpc) is 2.41. The molecular weight excluding hydrogens is 232 g/mol. The molecule has 0 aromatic carbocycles. The van der Waals surface area contributed by atoms with Crippen LogP contribution in [0.3, 0.4) is 0 Å². The third-order valence-corrected chi connectivity index (χ3v) is 3.56. The molecule has 0 aliphatic rings. The van der Waals surface area contributed by atoms with Crippen LogP contribution < -0.4 is 0 Å². The second-order valence-electron chi connectivity index (χ2n) is 5.14. The van der Waals surface area contributed by atoms with Gasteiger partial charge in [-0.25, -0.2) is 0 Å². The van der Waals surface area contributed by atoms with E-state index in [1.54, 1.807) is 0 Å². The summed E-state index contributed by atoms with van der Waals surface area (Å²) in [6.45, 7) is 4.03. The van der Waals surface area contributed by atoms with Crippen molar-refractivity contribution in [2.75, 3.05) is 19.8 Å². The molecule has 0 rings (SSSR count). The van der Waals surface area contributed by atoms with Crippen molar-refractivity contribution in [1.29, 1.82) is 0 Å². The van der Waals surface area contributed by atoms with Crippen LogP contribution in [0.4, 0.5) is 0 Å². The summed E-state index contributed by atoms with van der Waals surface area (Å²) in [5, 5.41) is 28.2. The highest BCUT2D eigenvalue weighted by atomic mass is 16.6. The molecule has 0 saturated heterocycles. The van der Waals surface area contributed by atoms with Crippen LogP contribution in [0.5, 0.6) is 0 Å². The van der Waals surface area contributed by atoms with Crippen molar-refractivity contribution in [2.45, 2.75) is 65.1 Å². The molecular formula is C14H30O4. The van der Waals surface area contributed by atoms with Gasteiger partial charge in [0.15, 0.2) is 6.29 Å². The van der Waals surface area contributed by atoms with Gasteiger partial charge in [0.05, 0.1) is 19.8 Å². The van der Waals surface area contributed by atoms with E-state index in [9.17, 15) is 15.3 Å². The Labute approximate surface area is 111 Å². The Balaban J connectivity index is 3.71. The van der Waals surface area contributed by atoms with Gasteiger partial charge in [-0.05, 0) is 19.3 Å². The number of aliphatic hydroxyl groups excluding tert-OH is 3. The van der Waals surface area contributed by atoms with Gasteiger partial charge < -0.3 is 20.1 Å². The van der Waals surface area contributed by atoms with Crippen molar-refractivity contribution in [2.24, 2.45) is 5.41 Å². The lowest BCUT2D eigenvalue weighted by Gasteiger charge is -2.29. The van der Waals surface area contributed by atoms with Crippen molar-refractivity contribution < 1.29 is 20.1 Å². The molecule has 4 heteroatoms. The van der Waals surface area contributed by atoms with Crippen LogP contribution in [-0.2, 0) is 4.74 Å². The third kappa shape index (κ3) is 7.31. The summed E-state index contributed by atoms with van der Waals surface area (Å²) in [7, 11) is 0. The Hall–Kier alpha value is -0.160. The smallest absolute Gasteiger partial charge is 0.154 e. The lowest BCUT2D eigenvalue weighted by Crippen LogP contribution is -2.36. The fourth-order valence-corrected chi connectivity index (χ4v) is 1.75. The number of ether oxygens (including phenoxy) is 1. The average molecular weight is 262 g/mol. The van der Waals surface area contributed by atoms with E-state index in [0.717, 1.165) is 12.8 Å². The lowest BCUT2D eigenvalue weighted by molar-refractivity contribution is -0.144. The maximum absolute atomic E-state index is 9.67. The topological polar surface area (TPSA) is 69.9 Å². The first kappa shape index (κ1) is 17.8. The molecule has 1 atom stereocenters. The summed E-state index contributed by atoms with van der Waals surface area (Å²) in [4.78, 5) is 0. The second kappa shape index (κ2) is 10.7. The molecule has 0 radical (unpaired) electrons. The quantitative estimate of drug-likeness (QED) is 0.372. The van der Waals surface area contributed by atoms with E-state index in [0.29, 0.717) is 12.8 Å². The van der Waals surface area contributed by atoms with Crippen LogP contribution in [-0.4, -0.2) is 41.4 Å². The van der Waals surface area contributed by atoms with Crippen LogP contribution in [0.15, 0.2) is 0 Å². The summed E-state index contributed by atoms with van der Waals surface area (Å²) in [5.41, 5.74) is -0.622. The van der Waals surface area contributed by atoms with E-state index < -0.39 is 11.7 Å². The number of unbranched alkanes of at least 4 members (excludes halogenated alkanes) is 4. The Morgan fingerprint density at radius 1 is 1.00 bits per heavy atom. The molecule has 18 heavy (non-hydrogen) atoms. The lowest BCUT2D eigenvalue weighted by atomic mass is 9.88. The first-order valence-electron chi connectivity index (χ1n) is 7.15. The van der Waals surface area contributed by atoms with Crippen LogP contribution in [0.1, 0.15) is 58.8 Å². The van der Waals surface area contributed by atoms with Gasteiger partial charge in [-0.3, -0.25) is 0 Å². The fourth-order valence-electron chi connectivity index (χ4n) is 1.75. The van der Waals surface area contributed by atoms with Gasteiger partial charge in [0.2, 0.25) is 0 Å². The second-order valence-corrected chi connectivity index (χ2v) is 5.14. The molecule has 0 amide bonds. The molecule has 0 aromatic rings. The molecule has 0 aromatic heterocycles. The van der Waals surface area contributed by atoms with Crippen LogP contribution in [0.25, 0.3) is 0 Å². The van der Waals surface area contributed by atoms with E-state index in [4.69, 9.17) is 4.74 Å². The Morgan fingerprint density at radius 2 is 1.61 bits per heavy atom. The summed E-state index contributed by atoms with van der Waals surface area (Å²) in [6.07, 6.45) is 6.21. The zero-order valence-electron chi connectivity index (χ0n) is 11.9. The van der Waals surface area contributed by atoms with E-state index in [2.05, 4.69) is 6.92 Å². The van der Waals surface area contributed by atoms with Gasteiger partial charge in [-0.15, -0.1) is 0 Å². The fraction of sp³-hybridized carbons (Fsp3) is 1.00. The molecule has 3 N–H and O–H groups in total. The first-order valence-corrected chi connectivity index (χ1v) is 7.15. The number of rotatable bonds is 12. The van der Waals surface area contributed by atoms with Gasteiger partial charge in [0.1, 0.15) is 0 Å². The predicted octanol–water partition coefficient (Wildman–Crippen LogP) is 2.06. The molecule has 1 unspecified atom stereocenters. The molecule has 0 aliphatic carbocycles. The molecule has 0 spiro atoms. The molecule has 0 aliphatic heterocycles. The van der Waals surface area contributed by atoms with E-state index in [1.165, 1.54) is 19.3 Å². The molecule has 4 nitrogen and oxygen atoms in total. The summed E-state index contributed by atoms with van der Waals surface area (Å²) >= 11 is 0. The van der Waals surface area contributed by atoms with Gasteiger partial charge in [-0.1, -0.05) is 39.5 Å². The van der Waals surface area contributed by atoms with Crippen LogP contribution in [0, 0.1) is 5.41 Å². The van der Waals surface area contributed by atoms with Crippen molar-refractivity contribution in [1.82, 2.24) is 0 Å². The van der Waals surface area contributed by atoms with Gasteiger partial charge in [0, 0.05) is 5.41 Å². The van der Waals surface area contributed by atoms with Crippen molar-refractivity contribution in [3.05, 3.63) is 0 Å². The van der Waals surface area contributed by atoms with Gasteiger partial charge in [0.25, 0.3) is 0 Å². The highest BCUT2D eigenvalue weighted by Gasteiger charge is 2.27. The van der Waals surface area contributed by atoms with Gasteiger partial charge in [-0.2, -0.15) is 0 Å². The Bertz CT molecular complexity index is 172. The van der Waals surface area contributed by atoms with E-state index in [-0.39, 0.29) is 19.8 Å². The van der Waals surface area contributed by atoms with Crippen molar-refractivity contribution in [3.63, 3.8) is 0 Å². The number of hydrogen-bond donors (Lipinski definition) is 3. The summed E-state index contributed by atoms with van der Waals surface area (Å²) in [5.74, 6) is 0. The predicted molar refractivity (Wildman–Crippen MR) is 72.2 cm³/mol. The highest BCUT2D eigenvalue weighted by Crippen LogP contribution is 2.21. The standard InChI is InChI=1S/C14H30O4/c1-3-5-6-7-8-9-13(17)18-12-14(4-2,10-15)11-16/h13,15-17H,3-12H2,1-2H3. The van der Waals surface area contributed by atoms with E-state index >= 15 is 0 Å². The Morgan fingerprint density at radius 3 is 2.11 bits per heavy atom. The van der Waals surface area contributed by atoms with Crippen molar-refractivity contribution >= 4 is 0 Å². The maximum Gasteiger partial charge on any atom is 0.154 e. The highest BCUT2D eigenvalue weighted by molar-refractivity contribution is 4.75. The largest absolute Gasteiger partial charge is 0.396 e. The third-order valence-electron chi connectivity index (χ3n) is 3.56. The minimum absolute atomic E-state index is 0.122. The van der Waals surface area contributed by atoms with E-state index in [1.807, 2.05) is 6.92 Å². The van der Waals surface area contributed by atoms with Gasteiger partial charge >= 0.3 is 0 Å². The zero-order valence-corrected chi connectivity index (χ0v) is 11.9. The molecule has 0 saturated carbocycles. The van der Waals surface area contributed by atoms with Crippen LogP contribution >= 0.6 is 0 Å². The minimum atomic E-state index is -0.782. The minimum Gasteiger partial charge on any atom is -0.396 e. The summed E-state index contributed by atoms with van der Waals surface area (Å²) < 4.78 is 5.32. The first-order chi connectivity index (χ1) is 8.64. The maximum atomic E-state index is 9.67. The number of hydrogen-bond acceptors (Lipinski definition) is 4. The molecule has 0 heterocycles. The number of aliphatic hydroxyl groups is 3. The normalized spacial score (nSPS) is 13.8. The molecule has 110 valence electrons. The monoisotopic (exact) mass is 262 g/mol. The SMILES string of the molecule is CCCCCCCC(O)OCC(CC)(CO)CO.